The fourth-order valence-electron chi connectivity index (χ4n) is 5.54. The standard InChI is InChI=1S/C24H31BO2/c1-22(2)23(3,4)27-25(26-22)17-12-13-19-18-10-6-7-11-20(18)24(21(19)16-17)14-8-5-9-15-24/h10-13,16H,5-9,14-15H2,1-4H3. The van der Waals surface area contributed by atoms with Crippen LogP contribution >= 0.6 is 0 Å². The molecule has 3 heteroatoms. The van der Waals surface area contributed by atoms with Crippen LogP contribution < -0.4 is 5.46 Å². The van der Waals surface area contributed by atoms with Crippen LogP contribution in [0.3, 0.4) is 0 Å². The van der Waals surface area contributed by atoms with Crippen molar-refractivity contribution in [1.29, 1.82) is 0 Å². The van der Waals surface area contributed by atoms with Gasteiger partial charge in [0, 0.05) is 5.41 Å². The highest BCUT2D eigenvalue weighted by molar-refractivity contribution is 6.62. The minimum Gasteiger partial charge on any atom is -0.399 e. The predicted octanol–water partition coefficient (Wildman–Crippen LogP) is 5.30. The molecule has 4 aliphatic rings. The van der Waals surface area contributed by atoms with Crippen molar-refractivity contribution in [3.63, 3.8) is 0 Å². The molecule has 0 bridgehead atoms. The van der Waals surface area contributed by atoms with Crippen LogP contribution in [0.25, 0.3) is 5.57 Å². The van der Waals surface area contributed by atoms with Gasteiger partial charge in [0.25, 0.3) is 0 Å². The van der Waals surface area contributed by atoms with Crippen molar-refractivity contribution in [2.24, 2.45) is 0 Å². The lowest BCUT2D eigenvalue weighted by molar-refractivity contribution is 0.00578. The van der Waals surface area contributed by atoms with E-state index < -0.39 is 0 Å². The van der Waals surface area contributed by atoms with Crippen molar-refractivity contribution < 1.29 is 9.31 Å². The molecule has 1 aromatic carbocycles. The topological polar surface area (TPSA) is 18.5 Å². The van der Waals surface area contributed by atoms with Gasteiger partial charge in [0.2, 0.25) is 0 Å². The van der Waals surface area contributed by atoms with Gasteiger partial charge >= 0.3 is 7.12 Å². The second kappa shape index (κ2) is 5.84. The zero-order valence-corrected chi connectivity index (χ0v) is 17.2. The van der Waals surface area contributed by atoms with Crippen molar-refractivity contribution in [1.82, 2.24) is 0 Å². The lowest BCUT2D eigenvalue weighted by atomic mass is 9.66. The molecule has 1 saturated heterocycles. The molecule has 1 saturated carbocycles. The molecule has 1 heterocycles. The molecule has 3 aliphatic carbocycles. The highest BCUT2D eigenvalue weighted by atomic mass is 16.7. The fraction of sp³-hybridized carbons (Fsp3) is 0.583. The summed E-state index contributed by atoms with van der Waals surface area (Å²) < 4.78 is 12.7. The average molecular weight is 362 g/mol. The molecule has 5 rings (SSSR count). The summed E-state index contributed by atoms with van der Waals surface area (Å²) in [6.07, 6.45) is 14.0. The van der Waals surface area contributed by atoms with Crippen molar-refractivity contribution in [3.05, 3.63) is 47.1 Å². The van der Waals surface area contributed by atoms with Gasteiger partial charge in [-0.15, -0.1) is 0 Å². The van der Waals surface area contributed by atoms with Crippen molar-refractivity contribution in [3.8, 4) is 0 Å². The number of fused-ring (bicyclic) bond motifs is 5. The number of hydrogen-bond donors (Lipinski definition) is 0. The van der Waals surface area contributed by atoms with Gasteiger partial charge in [0.15, 0.2) is 0 Å². The summed E-state index contributed by atoms with van der Waals surface area (Å²) in [5.41, 5.74) is 6.96. The SMILES string of the molecule is CC1(C)OB(c2ccc3c(c2)C2(CCCCC2)C2=CCCC=C23)OC1(C)C. The van der Waals surface area contributed by atoms with Gasteiger partial charge in [-0.3, -0.25) is 0 Å². The second-order valence-electron chi connectivity index (χ2n) is 9.85. The summed E-state index contributed by atoms with van der Waals surface area (Å²) in [5.74, 6) is 0. The Balaban J connectivity index is 1.60. The molecule has 0 aromatic heterocycles. The first kappa shape index (κ1) is 17.8. The highest BCUT2D eigenvalue weighted by Gasteiger charge is 2.53. The Morgan fingerprint density at radius 1 is 0.852 bits per heavy atom. The van der Waals surface area contributed by atoms with Gasteiger partial charge < -0.3 is 9.31 Å². The number of allylic oxidation sites excluding steroid dienone is 4. The maximum absolute atomic E-state index is 6.35. The molecular formula is C24H31BO2. The summed E-state index contributed by atoms with van der Waals surface area (Å²) in [6, 6.07) is 6.99. The molecule has 2 fully saturated rings. The highest BCUT2D eigenvalue weighted by Crippen LogP contribution is 2.57. The third-order valence-corrected chi connectivity index (χ3v) is 7.75. The van der Waals surface area contributed by atoms with E-state index in [1.165, 1.54) is 67.1 Å². The van der Waals surface area contributed by atoms with Crippen LogP contribution in [0.1, 0.15) is 83.8 Å². The lowest BCUT2D eigenvalue weighted by Crippen LogP contribution is -2.41. The maximum Gasteiger partial charge on any atom is 0.494 e. The second-order valence-corrected chi connectivity index (χ2v) is 9.85. The van der Waals surface area contributed by atoms with E-state index in [2.05, 4.69) is 58.0 Å². The van der Waals surface area contributed by atoms with E-state index in [-0.39, 0.29) is 23.7 Å². The molecule has 142 valence electrons. The zero-order chi connectivity index (χ0) is 18.9. The van der Waals surface area contributed by atoms with Crippen molar-refractivity contribution in [2.45, 2.75) is 89.3 Å². The van der Waals surface area contributed by atoms with Gasteiger partial charge in [0.05, 0.1) is 11.2 Å². The fourth-order valence-corrected chi connectivity index (χ4v) is 5.54. The zero-order valence-electron chi connectivity index (χ0n) is 17.2. The van der Waals surface area contributed by atoms with E-state index in [4.69, 9.17) is 9.31 Å². The molecule has 0 N–H and O–H groups in total. The molecular weight excluding hydrogens is 331 g/mol. The number of benzene rings is 1. The van der Waals surface area contributed by atoms with Gasteiger partial charge in [-0.1, -0.05) is 49.6 Å². The van der Waals surface area contributed by atoms with E-state index in [0.717, 1.165) is 0 Å². The Hall–Kier alpha value is -1.32. The Morgan fingerprint density at radius 2 is 1.52 bits per heavy atom. The van der Waals surface area contributed by atoms with E-state index in [0.29, 0.717) is 0 Å². The first-order valence-corrected chi connectivity index (χ1v) is 10.8. The molecule has 2 nitrogen and oxygen atoms in total. The molecule has 1 aliphatic heterocycles. The summed E-state index contributed by atoms with van der Waals surface area (Å²) in [6.45, 7) is 8.53. The largest absolute Gasteiger partial charge is 0.494 e. The monoisotopic (exact) mass is 362 g/mol. The molecule has 0 unspecified atom stereocenters. The van der Waals surface area contributed by atoms with Gasteiger partial charge in [-0.05, 0) is 81.1 Å². The summed E-state index contributed by atoms with van der Waals surface area (Å²) in [7, 11) is -0.272. The Morgan fingerprint density at radius 3 is 2.22 bits per heavy atom. The predicted molar refractivity (Wildman–Crippen MR) is 112 cm³/mol. The molecule has 0 amide bonds. The third kappa shape index (κ3) is 2.47. The van der Waals surface area contributed by atoms with Gasteiger partial charge in [-0.25, -0.2) is 0 Å². The van der Waals surface area contributed by atoms with Crippen LogP contribution in [0.5, 0.6) is 0 Å². The van der Waals surface area contributed by atoms with E-state index in [9.17, 15) is 0 Å². The van der Waals surface area contributed by atoms with E-state index >= 15 is 0 Å². The normalized spacial score (nSPS) is 27.2. The van der Waals surface area contributed by atoms with Crippen molar-refractivity contribution in [2.75, 3.05) is 0 Å². The quantitative estimate of drug-likeness (QED) is 0.631. The van der Waals surface area contributed by atoms with Crippen LogP contribution in [-0.4, -0.2) is 18.3 Å². The molecule has 1 spiro atoms. The van der Waals surface area contributed by atoms with Crippen LogP contribution in [0.15, 0.2) is 35.9 Å². The minimum absolute atomic E-state index is 0.236. The van der Waals surface area contributed by atoms with E-state index in [1.807, 2.05) is 0 Å². The Bertz CT molecular complexity index is 824. The summed E-state index contributed by atoms with van der Waals surface area (Å²) >= 11 is 0. The minimum atomic E-state index is -0.293. The summed E-state index contributed by atoms with van der Waals surface area (Å²) in [4.78, 5) is 0. The molecule has 1 aromatic rings. The molecule has 27 heavy (non-hydrogen) atoms. The maximum atomic E-state index is 6.35. The summed E-state index contributed by atoms with van der Waals surface area (Å²) in [5, 5.41) is 0. The van der Waals surface area contributed by atoms with Crippen LogP contribution in [0.2, 0.25) is 0 Å². The van der Waals surface area contributed by atoms with Crippen LogP contribution in [-0.2, 0) is 14.7 Å². The lowest BCUT2D eigenvalue weighted by Gasteiger charge is -2.37. The van der Waals surface area contributed by atoms with Crippen LogP contribution in [0.4, 0.5) is 0 Å². The molecule has 0 radical (unpaired) electrons. The van der Waals surface area contributed by atoms with Gasteiger partial charge in [0.1, 0.15) is 0 Å². The van der Waals surface area contributed by atoms with Crippen molar-refractivity contribution >= 4 is 18.2 Å². The smallest absolute Gasteiger partial charge is 0.399 e. The Kier molecular flexibility index (Phi) is 3.84. The molecule has 0 atom stereocenters. The third-order valence-electron chi connectivity index (χ3n) is 7.75. The Labute approximate surface area is 164 Å². The van der Waals surface area contributed by atoms with Crippen LogP contribution in [0, 0.1) is 0 Å². The first-order valence-electron chi connectivity index (χ1n) is 10.8. The first-order chi connectivity index (χ1) is 12.8. The average Bonchev–Trinajstić information content (AvgIpc) is 3.04. The number of rotatable bonds is 1. The number of hydrogen-bond acceptors (Lipinski definition) is 2. The van der Waals surface area contributed by atoms with Gasteiger partial charge in [-0.2, -0.15) is 0 Å². The van der Waals surface area contributed by atoms with E-state index in [1.54, 1.807) is 5.57 Å².